The quantitative estimate of drug-likeness (QED) is 0.238. The van der Waals surface area contributed by atoms with Gasteiger partial charge in [-0.2, -0.15) is 18.3 Å². The van der Waals surface area contributed by atoms with Crippen molar-refractivity contribution < 1.29 is 21.6 Å². The monoisotopic (exact) mass is 547 g/mol. The number of halogens is 3. The van der Waals surface area contributed by atoms with E-state index in [-0.39, 0.29) is 0 Å². The van der Waals surface area contributed by atoms with Gasteiger partial charge in [-0.25, -0.2) is 13.1 Å². The van der Waals surface area contributed by atoms with E-state index in [0.717, 1.165) is 57.7 Å². The molecule has 198 valence electrons. The van der Waals surface area contributed by atoms with Crippen LogP contribution >= 0.6 is 0 Å². The Morgan fingerprint density at radius 3 is 1.56 bits per heavy atom. The molecule has 0 spiro atoms. The molecule has 1 heterocycles. The molecule has 39 heavy (non-hydrogen) atoms. The number of hydrogen-bond donors (Lipinski definition) is 1. The molecule has 4 aromatic carbocycles. The Kier molecular flexibility index (Phi) is 6.78. The van der Waals surface area contributed by atoms with Crippen molar-refractivity contribution >= 4 is 15.7 Å². The van der Waals surface area contributed by atoms with Gasteiger partial charge in [0, 0.05) is 11.3 Å². The van der Waals surface area contributed by atoms with E-state index in [1.165, 1.54) is 12.1 Å². The first-order chi connectivity index (χ1) is 18.5. The van der Waals surface area contributed by atoms with E-state index in [1.54, 1.807) is 24.3 Å². The summed E-state index contributed by atoms with van der Waals surface area (Å²) in [4.78, 5) is 0. The first-order valence-corrected chi connectivity index (χ1v) is 13.9. The van der Waals surface area contributed by atoms with Crippen LogP contribution in [0.4, 0.5) is 18.9 Å². The molecular formula is C30H24F3N3O2S. The van der Waals surface area contributed by atoms with Crippen molar-refractivity contribution in [2.24, 2.45) is 0 Å². The Morgan fingerprint density at radius 1 is 0.692 bits per heavy atom. The van der Waals surface area contributed by atoms with Gasteiger partial charge in [0.05, 0.1) is 28.9 Å². The van der Waals surface area contributed by atoms with Gasteiger partial charge in [0.1, 0.15) is 0 Å². The van der Waals surface area contributed by atoms with Crippen LogP contribution in [0.25, 0.3) is 39.2 Å². The van der Waals surface area contributed by atoms with Gasteiger partial charge >= 0.3 is 6.18 Å². The van der Waals surface area contributed by atoms with E-state index >= 15 is 0 Å². The Bertz CT molecular complexity index is 1710. The van der Waals surface area contributed by atoms with Crippen LogP contribution in [0.2, 0.25) is 0 Å². The maximum Gasteiger partial charge on any atom is 0.416 e. The van der Waals surface area contributed by atoms with Gasteiger partial charge in [0.2, 0.25) is 10.0 Å². The van der Waals surface area contributed by atoms with E-state index in [2.05, 4.69) is 9.82 Å². The number of sulfonamides is 1. The molecule has 0 saturated heterocycles. The number of rotatable bonds is 6. The predicted octanol–water partition coefficient (Wildman–Crippen LogP) is 7.57. The Balaban J connectivity index is 1.36. The normalized spacial score (nSPS) is 11.9. The summed E-state index contributed by atoms with van der Waals surface area (Å²) in [6.45, 7) is 1.91. The number of aryl methyl sites for hydroxylation is 1. The first-order valence-electron chi connectivity index (χ1n) is 12.0. The predicted molar refractivity (Wildman–Crippen MR) is 148 cm³/mol. The van der Waals surface area contributed by atoms with E-state index in [0.29, 0.717) is 11.3 Å². The van der Waals surface area contributed by atoms with Crippen molar-refractivity contribution in [1.29, 1.82) is 0 Å². The van der Waals surface area contributed by atoms with Gasteiger partial charge in [-0.1, -0.05) is 60.7 Å². The van der Waals surface area contributed by atoms with Crippen molar-refractivity contribution in [3.63, 3.8) is 0 Å². The summed E-state index contributed by atoms with van der Waals surface area (Å²) in [5.41, 5.74) is 6.81. The number of anilines is 1. The molecule has 0 amide bonds. The minimum Gasteiger partial charge on any atom is -0.284 e. The zero-order valence-electron chi connectivity index (χ0n) is 21.1. The van der Waals surface area contributed by atoms with Gasteiger partial charge in [0.15, 0.2) is 0 Å². The van der Waals surface area contributed by atoms with Crippen LogP contribution in [-0.2, 0) is 16.2 Å². The summed E-state index contributed by atoms with van der Waals surface area (Å²) in [6.07, 6.45) is -3.25. The lowest BCUT2D eigenvalue weighted by atomic mass is 9.98. The van der Waals surface area contributed by atoms with Gasteiger partial charge in [-0.15, -0.1) is 0 Å². The fraction of sp³-hybridized carbons (Fsp3) is 0.100. The fourth-order valence-corrected chi connectivity index (χ4v) is 4.89. The van der Waals surface area contributed by atoms with E-state index in [9.17, 15) is 21.6 Å². The van der Waals surface area contributed by atoms with Crippen molar-refractivity contribution in [3.05, 3.63) is 114 Å². The van der Waals surface area contributed by atoms with Crippen molar-refractivity contribution in [2.75, 3.05) is 11.0 Å². The highest BCUT2D eigenvalue weighted by atomic mass is 32.2. The lowest BCUT2D eigenvalue weighted by molar-refractivity contribution is -0.137. The molecule has 9 heteroatoms. The van der Waals surface area contributed by atoms with Gasteiger partial charge in [-0.3, -0.25) is 4.72 Å². The van der Waals surface area contributed by atoms with Crippen LogP contribution in [0, 0.1) is 6.92 Å². The number of nitrogens with zero attached hydrogens (tertiary/aromatic N) is 2. The van der Waals surface area contributed by atoms with Gasteiger partial charge < -0.3 is 0 Å². The maximum atomic E-state index is 12.8. The molecule has 0 bridgehead atoms. The zero-order valence-corrected chi connectivity index (χ0v) is 21.9. The standard InChI is InChI=1S/C30H24F3N3O2S/c1-20-19-29(36(34-20)28-17-15-27(16-18-28)35-39(2,37)38)25-9-7-23(8-10-25)21-3-5-22(6-4-21)24-11-13-26(14-12-24)30(31,32)33/h3-19,35H,1-2H3. The Morgan fingerprint density at radius 2 is 1.13 bits per heavy atom. The topological polar surface area (TPSA) is 64.0 Å². The molecule has 0 saturated carbocycles. The van der Waals surface area contributed by atoms with Crippen LogP contribution < -0.4 is 4.72 Å². The van der Waals surface area contributed by atoms with E-state index in [4.69, 9.17) is 0 Å². The average Bonchev–Trinajstić information content (AvgIpc) is 3.29. The molecule has 1 N–H and O–H groups in total. The summed E-state index contributed by atoms with van der Waals surface area (Å²) < 4.78 is 65.8. The Hall–Kier alpha value is -4.37. The van der Waals surface area contributed by atoms with E-state index < -0.39 is 21.8 Å². The zero-order chi connectivity index (χ0) is 27.8. The average molecular weight is 548 g/mol. The lowest BCUT2D eigenvalue weighted by Gasteiger charge is -2.11. The summed E-state index contributed by atoms with van der Waals surface area (Å²) in [7, 11) is -3.36. The number of hydrogen-bond acceptors (Lipinski definition) is 3. The van der Waals surface area contributed by atoms with Crippen LogP contribution in [0.15, 0.2) is 103 Å². The fourth-order valence-electron chi connectivity index (χ4n) is 4.33. The second kappa shape index (κ2) is 10.1. The second-order valence-corrected chi connectivity index (χ2v) is 11.0. The molecule has 0 aliphatic carbocycles. The minimum absolute atomic E-state index is 0.473. The second-order valence-electron chi connectivity index (χ2n) is 9.23. The van der Waals surface area contributed by atoms with Gasteiger partial charge in [-0.05, 0) is 71.6 Å². The molecule has 0 aliphatic rings. The molecule has 5 aromatic rings. The molecule has 0 atom stereocenters. The molecule has 0 fully saturated rings. The summed E-state index contributed by atoms with van der Waals surface area (Å²) in [6, 6.07) is 29.8. The van der Waals surface area contributed by atoms with E-state index in [1.807, 2.05) is 66.2 Å². The molecule has 1 aromatic heterocycles. The summed E-state index contributed by atoms with van der Waals surface area (Å²) in [5.74, 6) is 0. The van der Waals surface area contributed by atoms with Crippen LogP contribution in [0.3, 0.4) is 0 Å². The van der Waals surface area contributed by atoms with Crippen molar-refractivity contribution in [2.45, 2.75) is 13.1 Å². The summed E-state index contributed by atoms with van der Waals surface area (Å²) >= 11 is 0. The van der Waals surface area contributed by atoms with Crippen molar-refractivity contribution in [3.8, 4) is 39.2 Å². The lowest BCUT2D eigenvalue weighted by Crippen LogP contribution is -2.09. The number of benzene rings is 4. The SMILES string of the molecule is Cc1cc(-c2ccc(-c3ccc(-c4ccc(C(F)(F)F)cc4)cc3)cc2)n(-c2ccc(NS(C)(=O)=O)cc2)n1. The minimum atomic E-state index is -4.35. The molecule has 0 radical (unpaired) electrons. The smallest absolute Gasteiger partial charge is 0.284 e. The van der Waals surface area contributed by atoms with Crippen molar-refractivity contribution in [1.82, 2.24) is 9.78 Å². The third kappa shape index (κ3) is 6.04. The molecule has 5 nitrogen and oxygen atoms in total. The number of alkyl halides is 3. The van der Waals surface area contributed by atoms with Crippen LogP contribution in [-0.4, -0.2) is 24.5 Å². The molecule has 5 rings (SSSR count). The molecule has 0 unspecified atom stereocenters. The third-order valence-corrected chi connectivity index (χ3v) is 6.80. The third-order valence-electron chi connectivity index (χ3n) is 6.19. The highest BCUT2D eigenvalue weighted by Gasteiger charge is 2.29. The molecular weight excluding hydrogens is 523 g/mol. The number of aromatic nitrogens is 2. The van der Waals surface area contributed by atoms with Gasteiger partial charge in [0.25, 0.3) is 0 Å². The maximum absolute atomic E-state index is 12.8. The Labute approximate surface area is 224 Å². The van der Waals surface area contributed by atoms with Crippen LogP contribution in [0.5, 0.6) is 0 Å². The van der Waals surface area contributed by atoms with Crippen LogP contribution in [0.1, 0.15) is 11.3 Å². The highest BCUT2D eigenvalue weighted by Crippen LogP contribution is 2.32. The highest BCUT2D eigenvalue weighted by molar-refractivity contribution is 7.92. The largest absolute Gasteiger partial charge is 0.416 e. The molecule has 0 aliphatic heterocycles. The first kappa shape index (κ1) is 26.2. The summed E-state index contributed by atoms with van der Waals surface area (Å²) in [5, 5.41) is 4.62. The number of nitrogens with one attached hydrogen (secondary N) is 1.